The average Bonchev–Trinajstić information content (AvgIpc) is 2.67. The van der Waals surface area contributed by atoms with Crippen molar-refractivity contribution in [3.8, 4) is 0 Å². The minimum absolute atomic E-state index is 0.218. The van der Waals surface area contributed by atoms with Gasteiger partial charge in [0.25, 0.3) is 0 Å². The van der Waals surface area contributed by atoms with E-state index in [0.29, 0.717) is 0 Å². The van der Waals surface area contributed by atoms with Crippen LogP contribution < -0.4 is 5.73 Å². The summed E-state index contributed by atoms with van der Waals surface area (Å²) in [4.78, 5) is 2.63. The van der Waals surface area contributed by atoms with Gasteiger partial charge < -0.3 is 10.6 Å². The van der Waals surface area contributed by atoms with Crippen LogP contribution in [0.2, 0.25) is 0 Å². The maximum Gasteiger partial charge on any atom is 0.0154 e. The van der Waals surface area contributed by atoms with Crippen LogP contribution in [0, 0.1) is 0 Å². The van der Waals surface area contributed by atoms with Crippen LogP contribution in [0.25, 0.3) is 0 Å². The van der Waals surface area contributed by atoms with Gasteiger partial charge in [0.1, 0.15) is 0 Å². The molecule has 2 fully saturated rings. The molecule has 2 heteroatoms. The van der Waals surface area contributed by atoms with E-state index in [1.807, 2.05) is 0 Å². The molecule has 2 nitrogen and oxygen atoms in total. The molecule has 1 saturated carbocycles. The number of piperidine rings is 1. The van der Waals surface area contributed by atoms with Crippen LogP contribution in [0.1, 0.15) is 57.8 Å². The summed E-state index contributed by atoms with van der Waals surface area (Å²) in [5.74, 6) is 0. The third kappa shape index (κ3) is 3.46. The minimum atomic E-state index is 0.218. The highest BCUT2D eigenvalue weighted by atomic mass is 15.1. The van der Waals surface area contributed by atoms with Crippen molar-refractivity contribution in [2.45, 2.75) is 63.3 Å². The Morgan fingerprint density at radius 1 is 0.933 bits per heavy atom. The molecule has 0 atom stereocenters. The Bertz CT molecular complexity index is 179. The second-order valence-electron chi connectivity index (χ2n) is 5.58. The van der Waals surface area contributed by atoms with Crippen molar-refractivity contribution in [2.24, 2.45) is 5.73 Å². The molecule has 1 aliphatic carbocycles. The smallest absolute Gasteiger partial charge is 0.0154 e. The molecule has 0 aromatic carbocycles. The topological polar surface area (TPSA) is 29.3 Å². The molecular formula is C13H26N2. The SMILES string of the molecule is NC1(CCCN2CCCCC2)CCCC1. The molecule has 2 rings (SSSR count). The standard InChI is InChI=1S/C13H26N2/c14-13(7-2-3-8-13)9-6-12-15-10-4-1-5-11-15/h1-12,14H2. The van der Waals surface area contributed by atoms with Crippen molar-refractivity contribution in [2.75, 3.05) is 19.6 Å². The highest BCUT2D eigenvalue weighted by molar-refractivity contribution is 4.89. The molecule has 15 heavy (non-hydrogen) atoms. The number of hydrogen-bond donors (Lipinski definition) is 1. The van der Waals surface area contributed by atoms with Crippen molar-refractivity contribution < 1.29 is 0 Å². The van der Waals surface area contributed by atoms with Crippen molar-refractivity contribution in [1.82, 2.24) is 4.90 Å². The lowest BCUT2D eigenvalue weighted by Gasteiger charge is -2.29. The lowest BCUT2D eigenvalue weighted by atomic mass is 9.93. The van der Waals surface area contributed by atoms with Crippen molar-refractivity contribution in [3.63, 3.8) is 0 Å². The normalized spacial score (nSPS) is 27.0. The molecule has 1 aliphatic heterocycles. The van der Waals surface area contributed by atoms with E-state index in [9.17, 15) is 0 Å². The zero-order valence-corrected chi connectivity index (χ0v) is 10.0. The van der Waals surface area contributed by atoms with Gasteiger partial charge in [-0.15, -0.1) is 0 Å². The zero-order valence-electron chi connectivity index (χ0n) is 10.0. The van der Waals surface area contributed by atoms with Crippen LogP contribution in [0.4, 0.5) is 0 Å². The molecule has 2 N–H and O–H groups in total. The lowest BCUT2D eigenvalue weighted by Crippen LogP contribution is -2.38. The van der Waals surface area contributed by atoms with E-state index in [-0.39, 0.29) is 5.54 Å². The molecule has 0 bridgehead atoms. The first-order valence-corrected chi connectivity index (χ1v) is 6.80. The van der Waals surface area contributed by atoms with Crippen LogP contribution in [0.3, 0.4) is 0 Å². The second kappa shape index (κ2) is 5.31. The van der Waals surface area contributed by atoms with Gasteiger partial charge in [-0.05, 0) is 58.2 Å². The van der Waals surface area contributed by atoms with Crippen molar-refractivity contribution >= 4 is 0 Å². The van der Waals surface area contributed by atoms with E-state index >= 15 is 0 Å². The number of nitrogens with two attached hydrogens (primary N) is 1. The van der Waals surface area contributed by atoms with Crippen LogP contribution in [-0.2, 0) is 0 Å². The Morgan fingerprint density at radius 3 is 2.27 bits per heavy atom. The fourth-order valence-electron chi connectivity index (χ4n) is 3.17. The Balaban J connectivity index is 1.61. The second-order valence-corrected chi connectivity index (χ2v) is 5.58. The Labute approximate surface area is 94.2 Å². The van der Waals surface area contributed by atoms with Gasteiger partial charge in [0, 0.05) is 5.54 Å². The molecule has 2 aliphatic rings. The summed E-state index contributed by atoms with van der Waals surface area (Å²) in [5, 5.41) is 0. The van der Waals surface area contributed by atoms with E-state index in [2.05, 4.69) is 4.90 Å². The summed E-state index contributed by atoms with van der Waals surface area (Å²) in [6.07, 6.45) is 12.1. The van der Waals surface area contributed by atoms with E-state index in [1.54, 1.807) is 0 Å². The number of likely N-dealkylation sites (tertiary alicyclic amines) is 1. The summed E-state index contributed by atoms with van der Waals surface area (Å²) in [6, 6.07) is 0. The predicted octanol–water partition coefficient (Wildman–Crippen LogP) is 2.52. The highest BCUT2D eigenvalue weighted by Gasteiger charge is 2.28. The van der Waals surface area contributed by atoms with E-state index in [1.165, 1.54) is 77.4 Å². The molecule has 1 heterocycles. The average molecular weight is 210 g/mol. The Hall–Kier alpha value is -0.0800. The molecule has 0 unspecified atom stereocenters. The number of nitrogens with zero attached hydrogens (tertiary/aromatic N) is 1. The van der Waals surface area contributed by atoms with Crippen molar-refractivity contribution in [3.05, 3.63) is 0 Å². The van der Waals surface area contributed by atoms with E-state index in [4.69, 9.17) is 5.73 Å². The van der Waals surface area contributed by atoms with Gasteiger partial charge in [-0.3, -0.25) is 0 Å². The van der Waals surface area contributed by atoms with Gasteiger partial charge in [0.2, 0.25) is 0 Å². The summed E-state index contributed by atoms with van der Waals surface area (Å²) in [7, 11) is 0. The van der Waals surface area contributed by atoms with Gasteiger partial charge in [-0.2, -0.15) is 0 Å². The summed E-state index contributed by atoms with van der Waals surface area (Å²) < 4.78 is 0. The zero-order chi connectivity index (χ0) is 10.6. The minimum Gasteiger partial charge on any atom is -0.325 e. The van der Waals surface area contributed by atoms with Gasteiger partial charge in [-0.25, -0.2) is 0 Å². The third-order valence-electron chi connectivity index (χ3n) is 4.20. The fourth-order valence-corrected chi connectivity index (χ4v) is 3.17. The fraction of sp³-hybridized carbons (Fsp3) is 1.00. The molecule has 0 radical (unpaired) electrons. The van der Waals surface area contributed by atoms with Crippen LogP contribution in [0.15, 0.2) is 0 Å². The summed E-state index contributed by atoms with van der Waals surface area (Å²) in [6.45, 7) is 3.95. The molecular weight excluding hydrogens is 184 g/mol. The number of hydrogen-bond acceptors (Lipinski definition) is 2. The molecule has 0 aromatic heterocycles. The highest BCUT2D eigenvalue weighted by Crippen LogP contribution is 2.31. The third-order valence-corrected chi connectivity index (χ3v) is 4.20. The van der Waals surface area contributed by atoms with Crippen LogP contribution >= 0.6 is 0 Å². The molecule has 88 valence electrons. The van der Waals surface area contributed by atoms with E-state index < -0.39 is 0 Å². The lowest BCUT2D eigenvalue weighted by molar-refractivity contribution is 0.216. The molecule has 1 saturated heterocycles. The largest absolute Gasteiger partial charge is 0.325 e. The van der Waals surface area contributed by atoms with Gasteiger partial charge >= 0.3 is 0 Å². The van der Waals surface area contributed by atoms with Crippen LogP contribution in [-0.4, -0.2) is 30.1 Å². The van der Waals surface area contributed by atoms with E-state index in [0.717, 1.165) is 0 Å². The maximum atomic E-state index is 6.36. The van der Waals surface area contributed by atoms with Crippen LogP contribution in [0.5, 0.6) is 0 Å². The maximum absolute atomic E-state index is 6.36. The first-order valence-electron chi connectivity index (χ1n) is 6.80. The molecule has 0 spiro atoms. The van der Waals surface area contributed by atoms with Gasteiger partial charge in [-0.1, -0.05) is 19.3 Å². The molecule has 0 amide bonds. The Kier molecular flexibility index (Phi) is 4.04. The van der Waals surface area contributed by atoms with Crippen molar-refractivity contribution in [1.29, 1.82) is 0 Å². The Morgan fingerprint density at radius 2 is 1.60 bits per heavy atom. The monoisotopic (exact) mass is 210 g/mol. The number of rotatable bonds is 4. The van der Waals surface area contributed by atoms with Gasteiger partial charge in [0.15, 0.2) is 0 Å². The first-order chi connectivity index (χ1) is 7.29. The first kappa shape index (κ1) is 11.4. The molecule has 0 aromatic rings. The summed E-state index contributed by atoms with van der Waals surface area (Å²) >= 11 is 0. The quantitative estimate of drug-likeness (QED) is 0.772. The van der Waals surface area contributed by atoms with Gasteiger partial charge in [0.05, 0.1) is 0 Å². The predicted molar refractivity (Wildman–Crippen MR) is 64.9 cm³/mol. The summed E-state index contributed by atoms with van der Waals surface area (Å²) in [5.41, 5.74) is 6.57.